The highest BCUT2D eigenvalue weighted by Crippen LogP contribution is 2.39. The molecule has 0 radical (unpaired) electrons. The molecule has 1 unspecified atom stereocenters. The maximum atomic E-state index is 13.0. The normalized spacial score (nSPS) is 13.9. The number of amides is 2. The number of benzene rings is 1. The number of nitrogens with zero attached hydrogens (tertiary/aromatic N) is 2. The maximum absolute atomic E-state index is 13.0. The average Bonchev–Trinajstić information content (AvgIpc) is 3.35. The van der Waals surface area contributed by atoms with E-state index in [0.717, 1.165) is 42.5 Å². The van der Waals surface area contributed by atoms with Gasteiger partial charge in [0.05, 0.1) is 17.4 Å². The monoisotopic (exact) mass is 564 g/mol. The number of anilines is 2. The molecule has 8 nitrogen and oxygen atoms in total. The number of esters is 1. The number of carbonyl (C=O) groups is 3. The number of ether oxygens (including phenoxy) is 1. The van der Waals surface area contributed by atoms with E-state index in [9.17, 15) is 14.4 Å². The van der Waals surface area contributed by atoms with Crippen LogP contribution in [0.1, 0.15) is 64.3 Å². The van der Waals surface area contributed by atoms with Crippen LogP contribution in [-0.4, -0.2) is 39.8 Å². The van der Waals surface area contributed by atoms with E-state index < -0.39 is 11.2 Å². The fraction of sp³-hybridized carbons (Fsp3) is 0.375. The van der Waals surface area contributed by atoms with Crippen molar-refractivity contribution < 1.29 is 19.1 Å². The fourth-order valence-corrected chi connectivity index (χ4v) is 7.04. The minimum atomic E-state index is -0.505. The highest BCUT2D eigenvalue weighted by molar-refractivity contribution is 8.02. The molecule has 2 N–H and O–H groups in total. The first kappa shape index (κ1) is 26.6. The number of halogens is 1. The molecule has 1 aliphatic carbocycles. The first-order chi connectivity index (χ1) is 17.4. The fourth-order valence-electron chi connectivity index (χ4n) is 3.75. The van der Waals surface area contributed by atoms with Crippen molar-refractivity contribution in [3.8, 4) is 0 Å². The number of fused-ring (bicyclic) bond motifs is 1. The Hall–Kier alpha value is -2.47. The predicted octanol–water partition coefficient (Wildman–Crippen LogP) is 6.07. The van der Waals surface area contributed by atoms with Crippen LogP contribution < -0.4 is 10.6 Å². The smallest absolute Gasteiger partial charge is 0.341 e. The third-order valence-corrected chi connectivity index (χ3v) is 9.00. The Morgan fingerprint density at radius 1 is 1.08 bits per heavy atom. The van der Waals surface area contributed by atoms with E-state index in [2.05, 4.69) is 20.8 Å². The van der Waals surface area contributed by atoms with Crippen molar-refractivity contribution in [2.24, 2.45) is 0 Å². The number of aromatic nitrogens is 2. The van der Waals surface area contributed by atoms with Crippen LogP contribution in [0.15, 0.2) is 28.6 Å². The molecule has 2 aromatic heterocycles. The molecule has 1 atom stereocenters. The molecule has 12 heteroatoms. The summed E-state index contributed by atoms with van der Waals surface area (Å²) in [5.74, 6) is -0.962. The van der Waals surface area contributed by atoms with E-state index in [-0.39, 0.29) is 18.4 Å². The zero-order valence-corrected chi connectivity index (χ0v) is 23.0. The summed E-state index contributed by atoms with van der Waals surface area (Å²) in [5, 5.41) is 14.7. The van der Waals surface area contributed by atoms with Crippen LogP contribution in [0.5, 0.6) is 0 Å². The Morgan fingerprint density at radius 3 is 2.58 bits per heavy atom. The van der Waals surface area contributed by atoms with Gasteiger partial charge < -0.3 is 10.1 Å². The summed E-state index contributed by atoms with van der Waals surface area (Å²) < 4.78 is 5.84. The quantitative estimate of drug-likeness (QED) is 0.148. The van der Waals surface area contributed by atoms with E-state index in [1.807, 2.05) is 0 Å². The molecule has 0 spiro atoms. The Kier molecular flexibility index (Phi) is 9.00. The first-order valence-electron chi connectivity index (χ1n) is 11.5. The van der Waals surface area contributed by atoms with Gasteiger partial charge in [-0.1, -0.05) is 41.1 Å². The second-order valence-electron chi connectivity index (χ2n) is 8.07. The summed E-state index contributed by atoms with van der Waals surface area (Å²) in [6.07, 6.45) is 4.94. The number of rotatable bonds is 8. The van der Waals surface area contributed by atoms with Gasteiger partial charge in [0.2, 0.25) is 11.0 Å². The topological polar surface area (TPSA) is 110 Å². The van der Waals surface area contributed by atoms with Crippen molar-refractivity contribution in [3.63, 3.8) is 0 Å². The molecule has 36 heavy (non-hydrogen) atoms. The Bertz CT molecular complexity index is 1260. The molecule has 0 saturated heterocycles. The number of hydrogen-bond donors (Lipinski definition) is 2. The minimum Gasteiger partial charge on any atom is -0.462 e. The summed E-state index contributed by atoms with van der Waals surface area (Å²) in [6.45, 7) is 3.81. The standard InChI is InChI=1S/C24H25ClN4O4S3/c1-3-33-22(32)18-16-7-5-4-6-8-17(16)35-21(18)26-19(30)13(2)34-24-29-28-23(36-24)27-20(31)14-9-11-15(25)12-10-14/h9-13H,3-8H2,1-2H3,(H,26,30)(H,27,28,31). The second-order valence-corrected chi connectivity index (χ2v) is 12.2. The molecule has 3 aromatic rings. The SMILES string of the molecule is CCOC(=O)c1c(NC(=O)C(C)Sc2nnc(NC(=O)c3ccc(Cl)cc3)s2)sc2c1CCCCC2. The van der Waals surface area contributed by atoms with Crippen molar-refractivity contribution in [3.05, 3.63) is 50.9 Å². The number of nitrogens with one attached hydrogen (secondary N) is 2. The van der Waals surface area contributed by atoms with Crippen molar-refractivity contribution in [2.75, 3.05) is 17.2 Å². The van der Waals surface area contributed by atoms with Crippen molar-refractivity contribution in [2.45, 2.75) is 55.5 Å². The molecule has 2 heterocycles. The molecule has 2 amide bonds. The van der Waals surface area contributed by atoms with E-state index in [1.54, 1.807) is 38.1 Å². The van der Waals surface area contributed by atoms with Crippen LogP contribution in [0.4, 0.5) is 10.1 Å². The minimum absolute atomic E-state index is 0.246. The van der Waals surface area contributed by atoms with Crippen LogP contribution in [0, 0.1) is 0 Å². The van der Waals surface area contributed by atoms with Crippen molar-refractivity contribution >= 4 is 74.0 Å². The summed E-state index contributed by atoms with van der Waals surface area (Å²) in [5.41, 5.74) is 1.95. The third-order valence-electron chi connectivity index (χ3n) is 5.52. The van der Waals surface area contributed by atoms with Gasteiger partial charge in [-0.25, -0.2) is 4.79 Å². The maximum Gasteiger partial charge on any atom is 0.341 e. The molecular formula is C24H25ClN4O4S3. The summed E-state index contributed by atoms with van der Waals surface area (Å²) >= 11 is 9.75. The van der Waals surface area contributed by atoms with Gasteiger partial charge in [0.15, 0.2) is 4.34 Å². The van der Waals surface area contributed by atoms with Crippen LogP contribution in [0.3, 0.4) is 0 Å². The molecule has 190 valence electrons. The third kappa shape index (κ3) is 6.44. The lowest BCUT2D eigenvalue weighted by atomic mass is 10.1. The first-order valence-corrected chi connectivity index (χ1v) is 14.4. The zero-order chi connectivity index (χ0) is 25.7. The molecule has 0 bridgehead atoms. The van der Waals surface area contributed by atoms with Gasteiger partial charge in [0.25, 0.3) is 5.91 Å². The number of aryl methyl sites for hydroxylation is 1. The Balaban J connectivity index is 1.41. The lowest BCUT2D eigenvalue weighted by Crippen LogP contribution is -2.23. The summed E-state index contributed by atoms with van der Waals surface area (Å²) in [7, 11) is 0. The molecule has 0 fully saturated rings. The number of thiophene rings is 1. The lowest BCUT2D eigenvalue weighted by molar-refractivity contribution is -0.115. The lowest BCUT2D eigenvalue weighted by Gasteiger charge is -2.11. The van der Waals surface area contributed by atoms with Gasteiger partial charge in [-0.05, 0) is 69.4 Å². The van der Waals surface area contributed by atoms with Crippen LogP contribution in [0.25, 0.3) is 0 Å². The molecule has 4 rings (SSSR count). The van der Waals surface area contributed by atoms with Crippen LogP contribution in [0.2, 0.25) is 5.02 Å². The highest BCUT2D eigenvalue weighted by atomic mass is 35.5. The average molecular weight is 565 g/mol. The second kappa shape index (κ2) is 12.2. The molecular weight excluding hydrogens is 540 g/mol. The van der Waals surface area contributed by atoms with E-state index in [4.69, 9.17) is 16.3 Å². The zero-order valence-electron chi connectivity index (χ0n) is 19.8. The Morgan fingerprint density at radius 2 is 1.83 bits per heavy atom. The summed E-state index contributed by atoms with van der Waals surface area (Å²) in [6, 6.07) is 6.51. The van der Waals surface area contributed by atoms with E-state index in [1.165, 1.54) is 34.4 Å². The molecule has 1 aliphatic rings. The van der Waals surface area contributed by atoms with Gasteiger partial charge in [-0.15, -0.1) is 21.5 Å². The molecule has 1 aromatic carbocycles. The highest BCUT2D eigenvalue weighted by Gasteiger charge is 2.28. The van der Waals surface area contributed by atoms with Crippen molar-refractivity contribution in [1.82, 2.24) is 10.2 Å². The molecule has 0 saturated carbocycles. The summed E-state index contributed by atoms with van der Waals surface area (Å²) in [4.78, 5) is 39.3. The van der Waals surface area contributed by atoms with Gasteiger partial charge in [-0.3, -0.25) is 14.9 Å². The number of hydrogen-bond acceptors (Lipinski definition) is 9. The van der Waals surface area contributed by atoms with E-state index in [0.29, 0.717) is 30.6 Å². The van der Waals surface area contributed by atoms with E-state index >= 15 is 0 Å². The van der Waals surface area contributed by atoms with Gasteiger partial charge in [-0.2, -0.15) is 0 Å². The molecule has 0 aliphatic heterocycles. The van der Waals surface area contributed by atoms with Crippen molar-refractivity contribution in [1.29, 1.82) is 0 Å². The largest absolute Gasteiger partial charge is 0.462 e. The predicted molar refractivity (Wildman–Crippen MR) is 145 cm³/mol. The Labute approximate surface area is 226 Å². The van der Waals surface area contributed by atoms with Gasteiger partial charge >= 0.3 is 5.97 Å². The number of carbonyl (C=O) groups excluding carboxylic acids is 3. The van der Waals surface area contributed by atoms with Gasteiger partial charge in [0, 0.05) is 15.5 Å². The van der Waals surface area contributed by atoms with Gasteiger partial charge in [0.1, 0.15) is 5.00 Å². The van der Waals surface area contributed by atoms with Crippen LogP contribution in [-0.2, 0) is 22.4 Å². The number of thioether (sulfide) groups is 1. The van der Waals surface area contributed by atoms with Crippen LogP contribution >= 0.6 is 46.0 Å².